The van der Waals surface area contributed by atoms with Gasteiger partial charge >= 0.3 is 6.61 Å². The summed E-state index contributed by atoms with van der Waals surface area (Å²) in [7, 11) is 0. The van der Waals surface area contributed by atoms with Gasteiger partial charge in [-0.1, -0.05) is 12.1 Å². The number of nitrogens with zero attached hydrogens (tertiary/aromatic N) is 1. The number of halogens is 3. The van der Waals surface area contributed by atoms with Gasteiger partial charge in [0, 0.05) is 26.3 Å². The maximum Gasteiger partial charge on any atom is 0.387 e. The summed E-state index contributed by atoms with van der Waals surface area (Å²) in [6, 6.07) is 6.55. The van der Waals surface area contributed by atoms with Crippen molar-refractivity contribution in [3.05, 3.63) is 29.8 Å². The van der Waals surface area contributed by atoms with Crippen LogP contribution in [-0.2, 0) is 11.3 Å². The first-order chi connectivity index (χ1) is 11.2. The number of benzene rings is 1. The molecule has 0 saturated carbocycles. The van der Waals surface area contributed by atoms with Gasteiger partial charge in [-0.15, -0.1) is 24.0 Å². The number of hydrogen-bond acceptors (Lipinski definition) is 3. The first-order valence-electron chi connectivity index (χ1n) is 7.79. The predicted molar refractivity (Wildman–Crippen MR) is 102 cm³/mol. The Bertz CT molecular complexity index is 476. The van der Waals surface area contributed by atoms with Crippen molar-refractivity contribution in [3.8, 4) is 5.75 Å². The van der Waals surface area contributed by atoms with Crippen molar-refractivity contribution < 1.29 is 18.3 Å². The Balaban J connectivity index is 0.00000529. The second-order valence-corrected chi connectivity index (χ2v) is 4.70. The van der Waals surface area contributed by atoms with Crippen LogP contribution in [0.2, 0.25) is 0 Å². The van der Waals surface area contributed by atoms with Gasteiger partial charge in [0.15, 0.2) is 5.96 Å². The third kappa shape index (κ3) is 10.6. The fraction of sp³-hybridized carbons (Fsp3) is 0.562. The summed E-state index contributed by atoms with van der Waals surface area (Å²) in [6.45, 7) is 4.41. The summed E-state index contributed by atoms with van der Waals surface area (Å²) >= 11 is 0. The Morgan fingerprint density at radius 3 is 2.71 bits per heavy atom. The SMILES string of the molecule is CCNC(=NCc1cccc(OC(F)F)c1)NCCCOCC.I. The van der Waals surface area contributed by atoms with Gasteiger partial charge < -0.3 is 20.1 Å². The van der Waals surface area contributed by atoms with E-state index in [1.165, 1.54) is 6.07 Å². The molecule has 0 radical (unpaired) electrons. The minimum atomic E-state index is -2.82. The lowest BCUT2D eigenvalue weighted by Crippen LogP contribution is -2.38. The van der Waals surface area contributed by atoms with E-state index < -0.39 is 6.61 Å². The maximum atomic E-state index is 12.2. The molecule has 24 heavy (non-hydrogen) atoms. The predicted octanol–water partition coefficient (Wildman–Crippen LogP) is 3.39. The molecule has 8 heteroatoms. The minimum absolute atomic E-state index is 0. The van der Waals surface area contributed by atoms with Crippen LogP contribution in [0.5, 0.6) is 5.75 Å². The number of nitrogens with one attached hydrogen (secondary N) is 2. The smallest absolute Gasteiger partial charge is 0.387 e. The maximum absolute atomic E-state index is 12.2. The third-order valence-corrected chi connectivity index (χ3v) is 2.85. The van der Waals surface area contributed by atoms with E-state index in [1.807, 2.05) is 19.9 Å². The fourth-order valence-corrected chi connectivity index (χ4v) is 1.86. The first kappa shape index (κ1) is 22.8. The van der Waals surface area contributed by atoms with E-state index in [1.54, 1.807) is 12.1 Å². The van der Waals surface area contributed by atoms with Gasteiger partial charge in [0.1, 0.15) is 5.75 Å². The Kier molecular flexibility index (Phi) is 13.5. The van der Waals surface area contributed by atoms with Gasteiger partial charge in [0.25, 0.3) is 0 Å². The molecule has 0 aromatic heterocycles. The molecule has 1 aromatic rings. The number of ether oxygens (including phenoxy) is 2. The lowest BCUT2D eigenvalue weighted by Gasteiger charge is -2.11. The van der Waals surface area contributed by atoms with E-state index in [-0.39, 0.29) is 29.7 Å². The van der Waals surface area contributed by atoms with Crippen molar-refractivity contribution >= 4 is 29.9 Å². The molecule has 1 aromatic carbocycles. The van der Waals surface area contributed by atoms with Gasteiger partial charge in [-0.25, -0.2) is 4.99 Å². The molecule has 0 amide bonds. The van der Waals surface area contributed by atoms with Gasteiger partial charge in [-0.2, -0.15) is 8.78 Å². The normalized spacial score (nSPS) is 11.1. The molecule has 0 heterocycles. The first-order valence-corrected chi connectivity index (χ1v) is 7.79. The highest BCUT2D eigenvalue weighted by Crippen LogP contribution is 2.16. The summed E-state index contributed by atoms with van der Waals surface area (Å²) in [4.78, 5) is 4.43. The summed E-state index contributed by atoms with van der Waals surface area (Å²) in [5.41, 5.74) is 0.801. The van der Waals surface area contributed by atoms with E-state index in [4.69, 9.17) is 4.74 Å². The quantitative estimate of drug-likeness (QED) is 0.245. The van der Waals surface area contributed by atoms with Crippen molar-refractivity contribution in [3.63, 3.8) is 0 Å². The van der Waals surface area contributed by atoms with Crippen LogP contribution >= 0.6 is 24.0 Å². The Morgan fingerprint density at radius 2 is 2.04 bits per heavy atom. The van der Waals surface area contributed by atoms with Crippen LogP contribution in [0.4, 0.5) is 8.78 Å². The summed E-state index contributed by atoms with van der Waals surface area (Å²) in [5.74, 6) is 0.826. The van der Waals surface area contributed by atoms with E-state index in [9.17, 15) is 8.78 Å². The molecule has 0 aliphatic carbocycles. The van der Waals surface area contributed by atoms with Crippen LogP contribution in [0.3, 0.4) is 0 Å². The van der Waals surface area contributed by atoms with Gasteiger partial charge in [-0.05, 0) is 38.0 Å². The van der Waals surface area contributed by atoms with Crippen LogP contribution in [0.25, 0.3) is 0 Å². The summed E-state index contributed by atoms with van der Waals surface area (Å²) in [5, 5.41) is 6.34. The summed E-state index contributed by atoms with van der Waals surface area (Å²) in [6.07, 6.45) is 0.885. The number of hydrogen-bond donors (Lipinski definition) is 2. The molecule has 0 bridgehead atoms. The zero-order valence-electron chi connectivity index (χ0n) is 14.1. The standard InChI is InChI=1S/C16H25F2N3O2.HI/c1-3-19-16(20-9-6-10-22-4-2)21-12-13-7-5-8-14(11-13)23-15(17)18;/h5,7-8,11,15H,3-4,6,9-10,12H2,1-2H3,(H2,19,20,21);1H. The van der Waals surface area contributed by atoms with E-state index in [2.05, 4.69) is 20.4 Å². The molecule has 1 rings (SSSR count). The number of guanidine groups is 1. The van der Waals surface area contributed by atoms with Crippen molar-refractivity contribution in [2.75, 3.05) is 26.3 Å². The third-order valence-electron chi connectivity index (χ3n) is 2.85. The number of alkyl halides is 2. The highest BCUT2D eigenvalue weighted by molar-refractivity contribution is 14.0. The van der Waals surface area contributed by atoms with Crippen LogP contribution in [0, 0.1) is 0 Å². The molecule has 0 saturated heterocycles. The van der Waals surface area contributed by atoms with Crippen molar-refractivity contribution in [2.24, 2.45) is 4.99 Å². The topological polar surface area (TPSA) is 54.9 Å². The van der Waals surface area contributed by atoms with Gasteiger partial charge in [0.05, 0.1) is 6.54 Å². The van der Waals surface area contributed by atoms with Gasteiger partial charge in [-0.3, -0.25) is 0 Å². The van der Waals surface area contributed by atoms with Crippen LogP contribution in [0.1, 0.15) is 25.8 Å². The van der Waals surface area contributed by atoms with Crippen LogP contribution < -0.4 is 15.4 Å². The summed E-state index contributed by atoms with van der Waals surface area (Å²) < 4.78 is 34.1. The van der Waals surface area contributed by atoms with E-state index in [0.717, 1.165) is 25.1 Å². The fourth-order valence-electron chi connectivity index (χ4n) is 1.86. The molecule has 0 aliphatic rings. The molecule has 0 atom stereocenters. The average molecular weight is 457 g/mol. The highest BCUT2D eigenvalue weighted by atomic mass is 127. The molecular formula is C16H26F2IN3O2. The molecule has 0 spiro atoms. The van der Waals surface area contributed by atoms with Crippen molar-refractivity contribution in [2.45, 2.75) is 33.4 Å². The number of aliphatic imine (C=N–C) groups is 1. The lowest BCUT2D eigenvalue weighted by molar-refractivity contribution is -0.0498. The Hall–Kier alpha value is -1.16. The molecule has 0 aliphatic heterocycles. The molecule has 2 N–H and O–H groups in total. The molecule has 5 nitrogen and oxygen atoms in total. The minimum Gasteiger partial charge on any atom is -0.435 e. The monoisotopic (exact) mass is 457 g/mol. The Labute approximate surface area is 159 Å². The largest absolute Gasteiger partial charge is 0.435 e. The van der Waals surface area contributed by atoms with E-state index in [0.29, 0.717) is 25.7 Å². The zero-order chi connectivity index (χ0) is 16.9. The van der Waals surface area contributed by atoms with Crippen LogP contribution in [-0.4, -0.2) is 38.9 Å². The molecule has 0 fully saturated rings. The lowest BCUT2D eigenvalue weighted by atomic mass is 10.2. The van der Waals surface area contributed by atoms with Crippen LogP contribution in [0.15, 0.2) is 29.3 Å². The zero-order valence-corrected chi connectivity index (χ0v) is 16.4. The Morgan fingerprint density at radius 1 is 1.25 bits per heavy atom. The second-order valence-electron chi connectivity index (χ2n) is 4.70. The number of rotatable bonds is 10. The van der Waals surface area contributed by atoms with Crippen molar-refractivity contribution in [1.82, 2.24) is 10.6 Å². The second kappa shape index (κ2) is 14.2. The van der Waals surface area contributed by atoms with Gasteiger partial charge in [0.2, 0.25) is 0 Å². The highest BCUT2D eigenvalue weighted by Gasteiger charge is 2.04. The van der Waals surface area contributed by atoms with Crippen molar-refractivity contribution in [1.29, 1.82) is 0 Å². The molecule has 138 valence electrons. The van der Waals surface area contributed by atoms with E-state index >= 15 is 0 Å². The average Bonchev–Trinajstić information content (AvgIpc) is 2.52. The molecular weight excluding hydrogens is 431 g/mol. The molecule has 0 unspecified atom stereocenters.